The van der Waals surface area contributed by atoms with Crippen LogP contribution in [-0.4, -0.2) is 87.8 Å². The molecule has 2 fully saturated rings. The zero-order valence-electron chi connectivity index (χ0n) is 26.8. The Balaban J connectivity index is 1.11. The number of imidazole rings is 2. The smallest absolute Gasteiger partial charge is 0.343 e. The molecule has 1 atom stereocenters. The van der Waals surface area contributed by atoms with Crippen LogP contribution in [0.4, 0.5) is 0 Å². The number of likely N-dealkylation sites (tertiary alicyclic amines) is 2. The molecule has 1 spiro atoms. The highest BCUT2D eigenvalue weighted by molar-refractivity contribution is 5.70. The first kappa shape index (κ1) is 32.2. The summed E-state index contributed by atoms with van der Waals surface area (Å²) >= 11 is 0. The van der Waals surface area contributed by atoms with Crippen LogP contribution in [0, 0.1) is 5.41 Å². The third kappa shape index (κ3) is 8.49. The number of methoxy groups -OCH3 is 1. The molecule has 3 aromatic rings. The number of piperidine rings is 1. The molecule has 2 saturated heterocycles. The Bertz CT molecular complexity index is 1280. The van der Waals surface area contributed by atoms with Gasteiger partial charge in [-0.05, 0) is 87.8 Å². The van der Waals surface area contributed by atoms with Crippen molar-refractivity contribution in [1.29, 1.82) is 0 Å². The fourth-order valence-electron chi connectivity index (χ4n) is 7.10. The fraction of sp³-hybridized carbons (Fsp3) is 0.618. The van der Waals surface area contributed by atoms with Crippen LogP contribution in [0.15, 0.2) is 49.1 Å². The highest BCUT2D eigenvalue weighted by Crippen LogP contribution is 2.41. The summed E-state index contributed by atoms with van der Waals surface area (Å²) < 4.78 is 12.5. The number of esters is 1. The number of aromatic nitrogens is 4. The molecule has 2 aliphatic rings. The van der Waals surface area contributed by atoms with Crippen molar-refractivity contribution in [3.05, 3.63) is 66.3 Å². The molecule has 44 heavy (non-hydrogen) atoms. The molecule has 10 nitrogen and oxygen atoms in total. The summed E-state index contributed by atoms with van der Waals surface area (Å²) in [6.45, 7) is 12.3. The van der Waals surface area contributed by atoms with Crippen molar-refractivity contribution >= 4 is 5.97 Å². The first-order valence-electron chi connectivity index (χ1n) is 16.5. The normalized spacial score (nSPS) is 17.8. The minimum Gasteiger partial charge on any atom is -0.482 e. The number of nitrogens with zero attached hydrogens (tertiary/aromatic N) is 5. The maximum Gasteiger partial charge on any atom is 0.343 e. The van der Waals surface area contributed by atoms with Crippen LogP contribution in [0.1, 0.15) is 75.6 Å². The van der Waals surface area contributed by atoms with Gasteiger partial charge in [-0.3, -0.25) is 0 Å². The molecular formula is C34H51N7O3. The van der Waals surface area contributed by atoms with Crippen LogP contribution in [0.25, 0.3) is 0 Å². The van der Waals surface area contributed by atoms with Gasteiger partial charge in [-0.25, -0.2) is 14.8 Å². The zero-order chi connectivity index (χ0) is 30.8. The second-order valence-corrected chi connectivity index (χ2v) is 12.5. The first-order valence-corrected chi connectivity index (χ1v) is 16.5. The summed E-state index contributed by atoms with van der Waals surface area (Å²) in [6, 6.07) is 8.48. The molecule has 1 aromatic carbocycles. The predicted octanol–water partition coefficient (Wildman–Crippen LogP) is 4.60. The number of benzene rings is 1. The van der Waals surface area contributed by atoms with Gasteiger partial charge in [-0.15, -0.1) is 0 Å². The Morgan fingerprint density at radius 2 is 1.91 bits per heavy atom. The quantitative estimate of drug-likeness (QED) is 0.229. The van der Waals surface area contributed by atoms with E-state index in [1.807, 2.05) is 36.7 Å². The topological polar surface area (TPSA) is 101 Å². The Kier molecular flexibility index (Phi) is 11.5. The van der Waals surface area contributed by atoms with Crippen molar-refractivity contribution in [2.45, 2.75) is 84.0 Å². The molecule has 0 bridgehead atoms. The fourth-order valence-corrected chi connectivity index (χ4v) is 7.10. The van der Waals surface area contributed by atoms with Crippen molar-refractivity contribution in [2.24, 2.45) is 5.41 Å². The van der Waals surface area contributed by atoms with Gasteiger partial charge in [0, 0.05) is 56.9 Å². The van der Waals surface area contributed by atoms with Crippen LogP contribution in [0.5, 0.6) is 5.75 Å². The third-order valence-electron chi connectivity index (χ3n) is 9.78. The summed E-state index contributed by atoms with van der Waals surface area (Å²) in [5.74, 6) is 2.17. The molecule has 0 aliphatic carbocycles. The van der Waals surface area contributed by atoms with Gasteiger partial charge in [-0.2, -0.15) is 0 Å². The van der Waals surface area contributed by atoms with Crippen LogP contribution in [-0.2, 0) is 29.0 Å². The van der Waals surface area contributed by atoms with Crippen molar-refractivity contribution in [1.82, 2.24) is 34.6 Å². The molecular weight excluding hydrogens is 554 g/mol. The van der Waals surface area contributed by atoms with Crippen LogP contribution in [0.2, 0.25) is 0 Å². The molecule has 240 valence electrons. The lowest BCUT2D eigenvalue weighted by molar-refractivity contribution is -0.142. The monoisotopic (exact) mass is 605 g/mol. The number of carbonyl (C=O) groups is 1. The summed E-state index contributed by atoms with van der Waals surface area (Å²) in [7, 11) is 1.35. The molecule has 5 rings (SSSR count). The minimum atomic E-state index is -0.403. The minimum absolute atomic E-state index is 0.0323. The maximum atomic E-state index is 11.5. The van der Waals surface area contributed by atoms with E-state index in [9.17, 15) is 4.79 Å². The maximum absolute atomic E-state index is 11.5. The number of H-pyrrole nitrogens is 1. The number of ether oxygens (including phenoxy) is 2. The van der Waals surface area contributed by atoms with E-state index in [0.717, 1.165) is 49.2 Å². The molecule has 0 amide bonds. The summed E-state index contributed by atoms with van der Waals surface area (Å²) in [6.07, 6.45) is 16.1. The van der Waals surface area contributed by atoms with Crippen molar-refractivity contribution in [2.75, 3.05) is 46.4 Å². The van der Waals surface area contributed by atoms with Gasteiger partial charge < -0.3 is 34.1 Å². The number of rotatable bonds is 16. The number of hydrogen-bond donors (Lipinski definition) is 2. The standard InChI is InChI=1S/C34H51N7O3/c1-4-28(5-2)40-19-11-34(12-20-40)10-18-39(26-34)16-7-17-41-21-15-35-31(41)23-30(33-36-13-14-37-33)38-24-27-8-6-9-29(22-27)44-25-32(42)43-3/h6,8-9,13-15,21-22,28,30,38H,4-5,7,10-12,16-20,23-26H2,1-3H3,(H,36,37). The van der Waals surface area contributed by atoms with Gasteiger partial charge >= 0.3 is 5.97 Å². The van der Waals surface area contributed by atoms with E-state index in [0.29, 0.717) is 17.7 Å². The summed E-state index contributed by atoms with van der Waals surface area (Å²) in [5, 5.41) is 3.65. The van der Waals surface area contributed by atoms with Gasteiger partial charge in [0.1, 0.15) is 17.4 Å². The first-order chi connectivity index (χ1) is 21.5. The van der Waals surface area contributed by atoms with Gasteiger partial charge in [0.25, 0.3) is 0 Å². The average molecular weight is 606 g/mol. The molecule has 2 aromatic heterocycles. The average Bonchev–Trinajstić information content (AvgIpc) is 3.83. The van der Waals surface area contributed by atoms with Crippen LogP contribution in [0.3, 0.4) is 0 Å². The van der Waals surface area contributed by atoms with E-state index in [2.05, 4.69) is 54.4 Å². The molecule has 1 unspecified atom stereocenters. The Morgan fingerprint density at radius 3 is 2.66 bits per heavy atom. The van der Waals surface area contributed by atoms with Gasteiger partial charge in [-0.1, -0.05) is 26.0 Å². The van der Waals surface area contributed by atoms with E-state index in [4.69, 9.17) is 9.72 Å². The molecule has 2 N–H and O–H groups in total. The number of aromatic amines is 1. The van der Waals surface area contributed by atoms with Gasteiger partial charge in [0.2, 0.25) is 0 Å². The molecule has 0 saturated carbocycles. The number of nitrogens with one attached hydrogen (secondary N) is 2. The second kappa shape index (κ2) is 15.7. The van der Waals surface area contributed by atoms with Crippen LogP contribution >= 0.6 is 0 Å². The van der Waals surface area contributed by atoms with E-state index < -0.39 is 5.97 Å². The molecule has 2 aliphatic heterocycles. The largest absolute Gasteiger partial charge is 0.482 e. The lowest BCUT2D eigenvalue weighted by Gasteiger charge is -2.42. The Hall–Kier alpha value is -3.21. The van der Waals surface area contributed by atoms with E-state index in [-0.39, 0.29) is 12.6 Å². The number of carbonyl (C=O) groups excluding carboxylic acids is 1. The summed E-state index contributed by atoms with van der Waals surface area (Å²) in [5.41, 5.74) is 1.59. The van der Waals surface area contributed by atoms with Crippen molar-refractivity contribution < 1.29 is 14.3 Å². The number of aryl methyl sites for hydroxylation is 1. The summed E-state index contributed by atoms with van der Waals surface area (Å²) in [4.78, 5) is 29.5. The van der Waals surface area contributed by atoms with Gasteiger partial charge in [0.05, 0.1) is 13.2 Å². The molecule has 0 radical (unpaired) electrons. The lowest BCUT2D eigenvalue weighted by atomic mass is 9.77. The Labute approximate surface area is 262 Å². The predicted molar refractivity (Wildman–Crippen MR) is 171 cm³/mol. The number of hydrogen-bond acceptors (Lipinski definition) is 8. The SMILES string of the molecule is CCC(CC)N1CCC2(CCN(CCCn3ccnc3CC(NCc3cccc(OCC(=O)OC)c3)c3ncc[nH]3)C2)CC1. The van der Waals surface area contributed by atoms with Crippen molar-refractivity contribution in [3.63, 3.8) is 0 Å². The zero-order valence-corrected chi connectivity index (χ0v) is 26.8. The van der Waals surface area contributed by atoms with Gasteiger partial charge in [0.15, 0.2) is 6.61 Å². The third-order valence-corrected chi connectivity index (χ3v) is 9.78. The molecule has 10 heteroatoms. The lowest BCUT2D eigenvalue weighted by Crippen LogP contribution is -2.45. The van der Waals surface area contributed by atoms with E-state index in [1.54, 1.807) is 6.20 Å². The second-order valence-electron chi connectivity index (χ2n) is 12.5. The highest BCUT2D eigenvalue weighted by Gasteiger charge is 2.40. The van der Waals surface area contributed by atoms with E-state index >= 15 is 0 Å². The van der Waals surface area contributed by atoms with Crippen LogP contribution < -0.4 is 10.1 Å². The Morgan fingerprint density at radius 1 is 1.09 bits per heavy atom. The molecule has 4 heterocycles. The highest BCUT2D eigenvalue weighted by atomic mass is 16.6. The van der Waals surface area contributed by atoms with E-state index in [1.165, 1.54) is 65.4 Å². The van der Waals surface area contributed by atoms with Crippen molar-refractivity contribution in [3.8, 4) is 5.75 Å².